The van der Waals surface area contributed by atoms with Gasteiger partial charge in [0.05, 0.1) is 0 Å². The molecule has 0 unspecified atom stereocenters. The molecule has 2 N–H and O–H groups in total. The molecule has 0 amide bonds. The molecule has 0 radical (unpaired) electrons. The minimum absolute atomic E-state index is 0.738. The highest BCUT2D eigenvalue weighted by atomic mass is 32.2. The minimum atomic E-state index is -1.55. The van der Waals surface area contributed by atoms with Crippen molar-refractivity contribution in [3.05, 3.63) is 11.1 Å². The number of thioether (sulfide) groups is 1. The second-order valence-electron chi connectivity index (χ2n) is 2.66. The van der Waals surface area contributed by atoms with E-state index in [1.807, 2.05) is 0 Å². The summed E-state index contributed by atoms with van der Waals surface area (Å²) in [5, 5.41) is 18.8. The smallest absolute Gasteiger partial charge is 0.323 e. The zero-order chi connectivity index (χ0) is 10.6. The largest absolute Gasteiger partial charge is 0.480 e. The summed E-state index contributed by atoms with van der Waals surface area (Å²) in [5.74, 6) is -3.43. The molecule has 1 rings (SSSR count). The lowest BCUT2D eigenvalue weighted by Crippen LogP contribution is -2.24. The van der Waals surface area contributed by atoms with Crippen molar-refractivity contribution in [1.82, 2.24) is 0 Å². The van der Waals surface area contributed by atoms with Crippen LogP contribution in [-0.4, -0.2) is 34.1 Å². The number of rotatable bonds is 4. The van der Waals surface area contributed by atoms with E-state index in [1.54, 1.807) is 17.2 Å². The van der Waals surface area contributed by atoms with E-state index in [9.17, 15) is 9.59 Å². The zero-order valence-corrected chi connectivity index (χ0v) is 8.03. The van der Waals surface area contributed by atoms with Gasteiger partial charge in [0, 0.05) is 17.7 Å². The van der Waals surface area contributed by atoms with Crippen LogP contribution in [0.25, 0.3) is 0 Å². The van der Waals surface area contributed by atoms with Gasteiger partial charge in [-0.2, -0.15) is 0 Å². The predicted octanol–water partition coefficient (Wildman–Crippen LogP) is 0.821. The lowest BCUT2D eigenvalue weighted by Gasteiger charge is -1.99. The van der Waals surface area contributed by atoms with Crippen LogP contribution in [0.1, 0.15) is 6.42 Å². The molecule has 0 aliphatic carbocycles. The molecule has 1 heterocycles. The highest BCUT2D eigenvalue weighted by Gasteiger charge is 2.23. The van der Waals surface area contributed by atoms with Gasteiger partial charge in [0.25, 0.3) is 0 Å². The Morgan fingerprint density at radius 1 is 1.50 bits per heavy atom. The molecular formula is C8H9NO4S. The third-order valence-corrected chi connectivity index (χ3v) is 2.50. The highest BCUT2D eigenvalue weighted by molar-refractivity contribution is 8.02. The average molecular weight is 215 g/mol. The molecule has 1 aliphatic heterocycles. The standard InChI is InChI=1S/C8H9NO4S/c10-7(11)6(8(12)13)3-9-5-1-2-14-4-5/h3-4,6H,1-2H2,(H,10,11)(H,12,13). The van der Waals surface area contributed by atoms with Crippen LogP contribution in [0.5, 0.6) is 0 Å². The Kier molecular flexibility index (Phi) is 3.70. The van der Waals surface area contributed by atoms with Gasteiger partial charge >= 0.3 is 11.9 Å². The molecule has 0 saturated heterocycles. The van der Waals surface area contributed by atoms with Crippen LogP contribution in [0.2, 0.25) is 0 Å². The lowest BCUT2D eigenvalue weighted by atomic mass is 10.2. The van der Waals surface area contributed by atoms with Gasteiger partial charge in [-0.1, -0.05) is 0 Å². The van der Waals surface area contributed by atoms with Gasteiger partial charge in [0.15, 0.2) is 5.92 Å². The third kappa shape index (κ3) is 2.88. The molecule has 0 fully saturated rings. The van der Waals surface area contributed by atoms with E-state index in [2.05, 4.69) is 4.99 Å². The maximum absolute atomic E-state index is 10.4. The maximum Gasteiger partial charge on any atom is 0.323 e. The third-order valence-electron chi connectivity index (χ3n) is 1.62. The molecule has 1 aliphatic rings. The number of carbonyl (C=O) groups is 2. The normalized spacial score (nSPS) is 16.2. The van der Waals surface area contributed by atoms with E-state index in [0.29, 0.717) is 0 Å². The molecule has 0 atom stereocenters. The number of carboxylic acids is 2. The van der Waals surface area contributed by atoms with Gasteiger partial charge in [-0.15, -0.1) is 11.8 Å². The quantitative estimate of drug-likeness (QED) is 0.535. The zero-order valence-electron chi connectivity index (χ0n) is 7.21. The van der Waals surface area contributed by atoms with Crippen LogP contribution in [0.15, 0.2) is 16.1 Å². The summed E-state index contributed by atoms with van der Waals surface area (Å²) in [7, 11) is 0. The molecule has 14 heavy (non-hydrogen) atoms. The van der Waals surface area contributed by atoms with Crippen molar-refractivity contribution < 1.29 is 19.8 Å². The van der Waals surface area contributed by atoms with Gasteiger partial charge in [-0.25, -0.2) is 0 Å². The van der Waals surface area contributed by atoms with Crippen molar-refractivity contribution in [3.63, 3.8) is 0 Å². The average Bonchev–Trinajstić information content (AvgIpc) is 2.55. The topological polar surface area (TPSA) is 87.0 Å². The Morgan fingerprint density at radius 3 is 2.57 bits per heavy atom. The molecule has 0 aromatic carbocycles. The number of aliphatic imine (C=N–C) groups is 1. The maximum atomic E-state index is 10.4. The van der Waals surface area contributed by atoms with Crippen LogP contribution >= 0.6 is 11.8 Å². The summed E-state index contributed by atoms with van der Waals surface area (Å²) in [6.45, 7) is 0. The van der Waals surface area contributed by atoms with Gasteiger partial charge in [-0.05, 0) is 11.8 Å². The number of aliphatic carboxylic acids is 2. The van der Waals surface area contributed by atoms with E-state index < -0.39 is 17.9 Å². The monoisotopic (exact) mass is 215 g/mol. The SMILES string of the molecule is O=C(O)C(C=NC1=CSCC1)C(=O)O. The van der Waals surface area contributed by atoms with E-state index >= 15 is 0 Å². The van der Waals surface area contributed by atoms with Crippen molar-refractivity contribution in [2.45, 2.75) is 6.42 Å². The first-order valence-electron chi connectivity index (χ1n) is 3.91. The second-order valence-corrected chi connectivity index (χ2v) is 3.64. The molecule has 6 heteroatoms. The number of hydrogen-bond donors (Lipinski definition) is 2. The summed E-state index contributed by atoms with van der Waals surface area (Å²) < 4.78 is 0. The van der Waals surface area contributed by atoms with Crippen LogP contribution < -0.4 is 0 Å². The lowest BCUT2D eigenvalue weighted by molar-refractivity contribution is -0.150. The van der Waals surface area contributed by atoms with E-state index in [0.717, 1.165) is 24.1 Å². The summed E-state index contributed by atoms with van der Waals surface area (Å²) in [6, 6.07) is 0. The van der Waals surface area contributed by atoms with Gasteiger partial charge in [-0.3, -0.25) is 14.6 Å². The van der Waals surface area contributed by atoms with Crippen LogP contribution in [-0.2, 0) is 9.59 Å². The van der Waals surface area contributed by atoms with E-state index in [4.69, 9.17) is 10.2 Å². The molecule has 0 aromatic rings. The summed E-state index contributed by atoms with van der Waals surface area (Å²) >= 11 is 1.58. The molecule has 0 spiro atoms. The fourth-order valence-corrected chi connectivity index (χ4v) is 1.69. The van der Waals surface area contributed by atoms with Crippen molar-refractivity contribution in [1.29, 1.82) is 0 Å². The highest BCUT2D eigenvalue weighted by Crippen LogP contribution is 2.22. The number of hydrogen-bond acceptors (Lipinski definition) is 4. The fraction of sp³-hybridized carbons (Fsp3) is 0.375. The van der Waals surface area contributed by atoms with Crippen molar-refractivity contribution in [2.24, 2.45) is 10.9 Å². The van der Waals surface area contributed by atoms with Crippen LogP contribution in [0.4, 0.5) is 0 Å². The Labute approximate surface area is 84.5 Å². The number of nitrogens with zero attached hydrogens (tertiary/aromatic N) is 1. The van der Waals surface area contributed by atoms with Gasteiger partial charge in [0.2, 0.25) is 0 Å². The Balaban J connectivity index is 2.63. The second kappa shape index (κ2) is 4.80. The molecular weight excluding hydrogens is 206 g/mol. The van der Waals surface area contributed by atoms with Gasteiger partial charge < -0.3 is 10.2 Å². The summed E-state index contributed by atoms with van der Waals surface area (Å²) in [5.41, 5.74) is 0.738. The van der Waals surface area contributed by atoms with Crippen LogP contribution in [0.3, 0.4) is 0 Å². The van der Waals surface area contributed by atoms with Crippen molar-refractivity contribution in [2.75, 3.05) is 5.75 Å². The molecule has 76 valence electrons. The van der Waals surface area contributed by atoms with E-state index in [-0.39, 0.29) is 0 Å². The van der Waals surface area contributed by atoms with Crippen molar-refractivity contribution >= 4 is 29.9 Å². The first-order chi connectivity index (χ1) is 6.61. The first kappa shape index (κ1) is 10.8. The Bertz CT molecular complexity index is 296. The minimum Gasteiger partial charge on any atom is -0.480 e. The Morgan fingerprint density at radius 2 is 2.14 bits per heavy atom. The number of allylic oxidation sites excluding steroid dienone is 1. The molecule has 0 aromatic heterocycles. The molecule has 0 saturated carbocycles. The molecule has 5 nitrogen and oxygen atoms in total. The summed E-state index contributed by atoms with van der Waals surface area (Å²) in [6.07, 6.45) is 1.72. The number of carboxylic acid groups (broad SMARTS) is 2. The Hall–Kier alpha value is -1.30. The molecule has 0 bridgehead atoms. The van der Waals surface area contributed by atoms with Gasteiger partial charge in [0.1, 0.15) is 0 Å². The van der Waals surface area contributed by atoms with Crippen LogP contribution in [0, 0.1) is 5.92 Å². The summed E-state index contributed by atoms with van der Waals surface area (Å²) in [4.78, 5) is 24.7. The fourth-order valence-electron chi connectivity index (χ4n) is 0.876. The van der Waals surface area contributed by atoms with E-state index in [1.165, 1.54) is 0 Å². The predicted molar refractivity (Wildman–Crippen MR) is 52.4 cm³/mol. The van der Waals surface area contributed by atoms with Crippen molar-refractivity contribution in [3.8, 4) is 0 Å². The first-order valence-corrected chi connectivity index (χ1v) is 4.96.